The summed E-state index contributed by atoms with van der Waals surface area (Å²) in [6, 6.07) is 10.9. The molecular weight excluding hydrogens is 485 g/mol. The van der Waals surface area contributed by atoms with Crippen LogP contribution in [-0.4, -0.2) is 39.4 Å². The van der Waals surface area contributed by atoms with Gasteiger partial charge in [-0.1, -0.05) is 6.07 Å². The van der Waals surface area contributed by atoms with Gasteiger partial charge in [-0.3, -0.25) is 0 Å². The Bertz CT molecular complexity index is 1010. The molecule has 0 radical (unpaired) electrons. The number of nitrogens with two attached hydrogens (primary N) is 1. The number of aryl methyl sites for hydroxylation is 1. The van der Waals surface area contributed by atoms with Crippen LogP contribution in [0.5, 0.6) is 5.75 Å². The maximum Gasteiger partial charge on any atom is 0.341 e. The van der Waals surface area contributed by atoms with Gasteiger partial charge in [-0.25, -0.2) is 9.78 Å². The molecule has 8 nitrogen and oxygen atoms in total. The van der Waals surface area contributed by atoms with Crippen molar-refractivity contribution in [1.82, 2.24) is 19.7 Å². The van der Waals surface area contributed by atoms with Crippen molar-refractivity contribution in [1.29, 1.82) is 0 Å². The lowest BCUT2D eigenvalue weighted by Gasteiger charge is -2.12. The molecule has 2 aromatic heterocycles. The Labute approximate surface area is 182 Å². The molecule has 0 saturated carbocycles. The van der Waals surface area contributed by atoms with Gasteiger partial charge in [-0.2, -0.15) is 0 Å². The molecule has 0 unspecified atom stereocenters. The predicted molar refractivity (Wildman–Crippen MR) is 118 cm³/mol. The van der Waals surface area contributed by atoms with Crippen LogP contribution in [0.25, 0.3) is 11.5 Å². The molecule has 0 aliphatic heterocycles. The summed E-state index contributed by atoms with van der Waals surface area (Å²) in [5.41, 5.74) is 6.91. The minimum absolute atomic E-state index is 0.405. The highest BCUT2D eigenvalue weighted by Gasteiger charge is 2.14. The van der Waals surface area contributed by atoms with Crippen molar-refractivity contribution < 1.29 is 14.3 Å². The van der Waals surface area contributed by atoms with Gasteiger partial charge >= 0.3 is 5.97 Å². The third kappa shape index (κ3) is 5.22. The van der Waals surface area contributed by atoms with E-state index in [-0.39, 0.29) is 0 Å². The van der Waals surface area contributed by atoms with Gasteiger partial charge < -0.3 is 19.8 Å². The van der Waals surface area contributed by atoms with Crippen LogP contribution in [0.4, 0.5) is 5.82 Å². The zero-order valence-electron chi connectivity index (χ0n) is 16.3. The smallest absolute Gasteiger partial charge is 0.341 e. The van der Waals surface area contributed by atoms with Gasteiger partial charge in [0.2, 0.25) is 0 Å². The molecular formula is C20H22IN5O3. The number of anilines is 1. The number of nitrogens with zero attached hydrogens (tertiary/aromatic N) is 4. The molecule has 0 bridgehead atoms. The van der Waals surface area contributed by atoms with Crippen molar-refractivity contribution in [2.45, 2.75) is 26.3 Å². The maximum atomic E-state index is 11.9. The zero-order valence-corrected chi connectivity index (χ0v) is 18.4. The number of hydrogen-bond acceptors (Lipinski definition) is 7. The average molecular weight is 507 g/mol. The lowest BCUT2D eigenvalue weighted by molar-refractivity contribution is 0.0596. The van der Waals surface area contributed by atoms with Crippen molar-refractivity contribution in [3.63, 3.8) is 0 Å². The van der Waals surface area contributed by atoms with Crippen LogP contribution < -0.4 is 10.5 Å². The van der Waals surface area contributed by atoms with Crippen LogP contribution in [0.3, 0.4) is 0 Å². The van der Waals surface area contributed by atoms with Crippen molar-refractivity contribution in [3.8, 4) is 17.3 Å². The van der Waals surface area contributed by atoms with E-state index in [1.165, 1.54) is 7.11 Å². The largest absolute Gasteiger partial charge is 0.493 e. The quantitative estimate of drug-likeness (QED) is 0.283. The third-order valence-corrected chi connectivity index (χ3v) is 4.99. The minimum atomic E-state index is -0.405. The van der Waals surface area contributed by atoms with Crippen molar-refractivity contribution >= 4 is 34.4 Å². The molecule has 2 N–H and O–H groups in total. The molecule has 3 rings (SSSR count). The first kappa shape index (κ1) is 21.0. The summed E-state index contributed by atoms with van der Waals surface area (Å²) in [5, 5.41) is 8.40. The van der Waals surface area contributed by atoms with E-state index in [1.807, 2.05) is 29.7 Å². The highest BCUT2D eigenvalue weighted by atomic mass is 127. The number of pyridine rings is 1. The number of methoxy groups -OCH3 is 1. The number of aromatic nitrogens is 4. The number of halogens is 1. The molecule has 0 atom stereocenters. The molecule has 29 heavy (non-hydrogen) atoms. The van der Waals surface area contributed by atoms with Crippen LogP contribution in [0.15, 0.2) is 36.4 Å². The Morgan fingerprint density at radius 1 is 1.21 bits per heavy atom. The molecule has 0 aliphatic carbocycles. The third-order valence-electron chi connectivity index (χ3n) is 4.32. The molecule has 0 fully saturated rings. The van der Waals surface area contributed by atoms with E-state index in [4.69, 9.17) is 15.2 Å². The van der Waals surface area contributed by atoms with E-state index in [0.29, 0.717) is 35.3 Å². The van der Waals surface area contributed by atoms with Crippen molar-refractivity contribution in [3.05, 3.63) is 51.4 Å². The van der Waals surface area contributed by atoms with Gasteiger partial charge in [0.05, 0.1) is 13.7 Å². The first-order valence-electron chi connectivity index (χ1n) is 9.13. The Hall–Kier alpha value is -2.69. The van der Waals surface area contributed by atoms with Crippen LogP contribution >= 0.6 is 22.6 Å². The highest BCUT2D eigenvalue weighted by molar-refractivity contribution is 14.1. The number of esters is 1. The van der Waals surface area contributed by atoms with E-state index in [9.17, 15) is 4.79 Å². The fourth-order valence-corrected chi connectivity index (χ4v) is 3.36. The number of carbonyl (C=O) groups excluding carboxylic acids is 1. The first-order valence-corrected chi connectivity index (χ1v) is 10.2. The van der Waals surface area contributed by atoms with Crippen LogP contribution in [0.2, 0.25) is 0 Å². The van der Waals surface area contributed by atoms with Crippen LogP contribution in [0, 0.1) is 10.5 Å². The summed E-state index contributed by atoms with van der Waals surface area (Å²) in [4.78, 5) is 16.3. The number of hydrogen-bond donors (Lipinski definition) is 1. The normalized spacial score (nSPS) is 10.7. The van der Waals surface area contributed by atoms with Crippen LogP contribution in [-0.2, 0) is 11.3 Å². The monoisotopic (exact) mass is 507 g/mol. The highest BCUT2D eigenvalue weighted by Crippen LogP contribution is 2.23. The molecule has 0 saturated heterocycles. The number of unbranched alkanes of at least 4 members (excludes halogenated alkanes) is 1. The molecule has 152 valence electrons. The summed E-state index contributed by atoms with van der Waals surface area (Å²) in [6.07, 6.45) is 1.65. The fourth-order valence-electron chi connectivity index (χ4n) is 2.87. The number of benzene rings is 1. The summed E-state index contributed by atoms with van der Waals surface area (Å²) in [5.74, 6) is 2.08. The second-order valence-corrected chi connectivity index (χ2v) is 7.60. The Balaban J connectivity index is 1.59. The van der Waals surface area contributed by atoms with E-state index >= 15 is 0 Å². The van der Waals surface area contributed by atoms with Gasteiger partial charge in [0, 0.05) is 10.1 Å². The summed E-state index contributed by atoms with van der Waals surface area (Å²) in [6.45, 7) is 3.12. The molecule has 9 heteroatoms. The molecule has 3 aromatic rings. The average Bonchev–Trinajstić information content (AvgIpc) is 3.08. The SMILES string of the molecule is COC(=O)c1cc(I)ccc1OCCCCn1c(C)nnc1-c1cccc(N)n1. The fraction of sp³-hybridized carbons (Fsp3) is 0.300. The summed E-state index contributed by atoms with van der Waals surface area (Å²) in [7, 11) is 1.36. The number of ether oxygens (including phenoxy) is 2. The van der Waals surface area contributed by atoms with E-state index in [2.05, 4.69) is 37.8 Å². The van der Waals surface area contributed by atoms with Crippen molar-refractivity contribution in [2.24, 2.45) is 0 Å². The number of nitrogen functional groups attached to an aromatic ring is 1. The Kier molecular flexibility index (Phi) is 7.02. The second kappa shape index (κ2) is 9.68. The number of rotatable bonds is 8. The Morgan fingerprint density at radius 2 is 2.03 bits per heavy atom. The van der Waals surface area contributed by atoms with Gasteiger partial charge in [0.1, 0.15) is 28.6 Å². The van der Waals surface area contributed by atoms with Gasteiger partial charge in [-0.05, 0) is 72.7 Å². The van der Waals surface area contributed by atoms with Gasteiger partial charge in [-0.15, -0.1) is 10.2 Å². The van der Waals surface area contributed by atoms with E-state index < -0.39 is 5.97 Å². The lowest BCUT2D eigenvalue weighted by atomic mass is 10.2. The second-order valence-electron chi connectivity index (χ2n) is 6.36. The minimum Gasteiger partial charge on any atom is -0.493 e. The topological polar surface area (TPSA) is 105 Å². The molecule has 2 heterocycles. The Morgan fingerprint density at radius 3 is 2.79 bits per heavy atom. The van der Waals surface area contributed by atoms with Crippen molar-refractivity contribution in [2.75, 3.05) is 19.5 Å². The van der Waals surface area contributed by atoms with Gasteiger partial charge in [0.25, 0.3) is 0 Å². The number of carbonyl (C=O) groups is 1. The molecule has 0 amide bonds. The predicted octanol–water partition coefficient (Wildman–Crippen LogP) is 3.48. The molecule has 0 aliphatic rings. The lowest BCUT2D eigenvalue weighted by Crippen LogP contribution is -2.09. The van der Waals surface area contributed by atoms with E-state index in [0.717, 1.165) is 28.8 Å². The summed E-state index contributed by atoms with van der Waals surface area (Å²) >= 11 is 2.15. The standard InChI is InChI=1S/C20H22IN5O3/c1-13-24-25-19(16-6-5-7-18(22)23-16)26(13)10-3-4-11-29-17-9-8-14(21)12-15(17)20(27)28-2/h5-9,12H,3-4,10-11H2,1-2H3,(H2,22,23). The van der Waals surface area contributed by atoms with Gasteiger partial charge in [0.15, 0.2) is 5.82 Å². The maximum absolute atomic E-state index is 11.9. The zero-order chi connectivity index (χ0) is 20.8. The van der Waals surface area contributed by atoms with Crippen LogP contribution in [0.1, 0.15) is 29.0 Å². The summed E-state index contributed by atoms with van der Waals surface area (Å²) < 4.78 is 13.6. The van der Waals surface area contributed by atoms with E-state index in [1.54, 1.807) is 18.2 Å². The molecule has 0 spiro atoms. The molecule has 1 aromatic carbocycles. The first-order chi connectivity index (χ1) is 14.0.